The number of methoxy groups -OCH3 is 4. The number of pyridine rings is 1. The normalized spacial score (nSPS) is 12.1. The molecule has 26 nitrogen and oxygen atoms in total. The van der Waals surface area contributed by atoms with Gasteiger partial charge in [0, 0.05) is 84.0 Å². The molecule has 8 bridgehead atoms. The van der Waals surface area contributed by atoms with E-state index in [-0.39, 0.29) is 23.8 Å². The summed E-state index contributed by atoms with van der Waals surface area (Å²) >= 11 is 0. The standard InChI is InChI=1S/C80H99N5O21/c1-87-25-29-91-33-37-95-41-45-99-49-53-103-61-11-5-58(6-12-61)73-66-19-20-67(81-66)74(59-7-13-62(14-8-59)104-54-50-100-46-42-96-38-34-92-30-26-88-2)69-22-24-71(83-69)76-65-18-17-64(106-56-52-102-48-44-98-40-36-94-32-28-90-4)57-72(65)84-79-77(76)85-78(80(79)86)75(70-23-21-68(73)82-70)60-9-15-63(16-10-60)105-55-51-101-47-43-97-39-35-93-31-27-89-3/h5-24,57,82-83H,25-56H2,1-4H3. The van der Waals surface area contributed by atoms with Crippen LogP contribution in [0.3, 0.4) is 0 Å². The second kappa shape index (κ2) is 46.0. The topological polar surface area (TPSA) is 272 Å². The van der Waals surface area contributed by atoms with Crippen molar-refractivity contribution < 1.29 is 99.5 Å². The Labute approximate surface area is 617 Å². The van der Waals surface area contributed by atoms with Gasteiger partial charge in [-0.25, -0.2) is 15.0 Å². The minimum atomic E-state index is -0.366. The maximum Gasteiger partial charge on any atom is 0.232 e. The van der Waals surface area contributed by atoms with E-state index < -0.39 is 0 Å². The maximum absolute atomic E-state index is 15.7. The minimum absolute atomic E-state index is 0.179. The Kier molecular flexibility index (Phi) is 34.8. The highest BCUT2D eigenvalue weighted by atomic mass is 16.6. The first-order valence-electron chi connectivity index (χ1n) is 35.9. The van der Waals surface area contributed by atoms with Crippen LogP contribution in [0, 0.1) is 0 Å². The van der Waals surface area contributed by atoms with E-state index in [0.717, 1.165) is 38.7 Å². The fourth-order valence-corrected chi connectivity index (χ4v) is 11.4. The first kappa shape index (κ1) is 80.2. The third-order valence-electron chi connectivity index (χ3n) is 16.5. The van der Waals surface area contributed by atoms with Gasteiger partial charge in [0.25, 0.3) is 0 Å². The molecule has 0 unspecified atom stereocenters. The van der Waals surface area contributed by atoms with E-state index in [0.29, 0.717) is 278 Å². The summed E-state index contributed by atoms with van der Waals surface area (Å²) in [6, 6.07) is 37.2. The van der Waals surface area contributed by atoms with Gasteiger partial charge in [-0.3, -0.25) is 4.79 Å². The smallest absolute Gasteiger partial charge is 0.232 e. The van der Waals surface area contributed by atoms with E-state index in [1.165, 1.54) is 0 Å². The summed E-state index contributed by atoms with van der Waals surface area (Å²) in [7, 11) is 6.56. The minimum Gasteiger partial charge on any atom is -0.491 e. The number of nitrogens with one attached hydrogen (secondary N) is 2. The first-order valence-corrected chi connectivity index (χ1v) is 35.9. The van der Waals surface area contributed by atoms with Gasteiger partial charge in [0.05, 0.1) is 202 Å². The molecule has 8 aromatic rings. The van der Waals surface area contributed by atoms with Gasteiger partial charge in [0.1, 0.15) is 66.3 Å². The Balaban J connectivity index is 0.986. The summed E-state index contributed by atoms with van der Waals surface area (Å²) in [5, 5.41) is 1.41. The summed E-state index contributed by atoms with van der Waals surface area (Å²) in [5.74, 6) is 2.11. The average molecular weight is 1470 g/mol. The first-order chi connectivity index (χ1) is 52.4. The van der Waals surface area contributed by atoms with Crippen molar-refractivity contribution in [1.82, 2.24) is 24.9 Å². The van der Waals surface area contributed by atoms with Crippen LogP contribution in [0.15, 0.2) is 115 Å². The van der Waals surface area contributed by atoms with Gasteiger partial charge in [-0.2, -0.15) is 0 Å². The zero-order valence-corrected chi connectivity index (χ0v) is 61.2. The number of aromatic nitrogens is 5. The molecule has 0 saturated carbocycles. The van der Waals surface area contributed by atoms with Crippen LogP contribution in [0.1, 0.15) is 27.6 Å². The van der Waals surface area contributed by atoms with Crippen molar-refractivity contribution >= 4 is 61.8 Å². The van der Waals surface area contributed by atoms with Crippen LogP contribution < -0.4 is 18.9 Å². The van der Waals surface area contributed by atoms with Gasteiger partial charge in [-0.1, -0.05) is 36.4 Å². The number of carbonyl (C=O) groups is 1. The Morgan fingerprint density at radius 2 is 0.575 bits per heavy atom. The number of fused-ring (bicyclic) bond motifs is 10. The lowest BCUT2D eigenvalue weighted by molar-refractivity contribution is 0.000164. The van der Waals surface area contributed by atoms with E-state index >= 15 is 4.79 Å². The number of ether oxygens (including phenoxy) is 20. The van der Waals surface area contributed by atoms with Crippen LogP contribution in [0.5, 0.6) is 23.0 Å². The number of rotatable bonds is 55. The molecule has 0 atom stereocenters. The Bertz CT molecular complexity index is 4120. The predicted molar refractivity (Wildman–Crippen MR) is 402 cm³/mol. The van der Waals surface area contributed by atoms with E-state index in [9.17, 15) is 0 Å². The van der Waals surface area contributed by atoms with Crippen LogP contribution in [0.4, 0.5) is 0 Å². The number of nitrogens with zero attached hydrogens (tertiary/aromatic N) is 3. The molecule has 2 aliphatic heterocycles. The van der Waals surface area contributed by atoms with E-state index in [1.54, 1.807) is 28.4 Å². The molecule has 570 valence electrons. The molecule has 4 aromatic heterocycles. The lowest BCUT2D eigenvalue weighted by atomic mass is 10.0. The Morgan fingerprint density at radius 3 is 0.934 bits per heavy atom. The van der Waals surface area contributed by atoms with Crippen molar-refractivity contribution in [2.24, 2.45) is 0 Å². The number of aromatic amines is 2. The fraction of sp³-hybridized carbons (Fsp3) is 0.450. The predicted octanol–water partition coefficient (Wildman–Crippen LogP) is 10.7. The van der Waals surface area contributed by atoms with Crippen molar-refractivity contribution in [3.8, 4) is 56.4 Å². The lowest BCUT2D eigenvalue weighted by Gasteiger charge is -2.10. The molecule has 0 radical (unpaired) electrons. The molecule has 2 N–H and O–H groups in total. The second-order valence-corrected chi connectivity index (χ2v) is 23.9. The van der Waals surface area contributed by atoms with Gasteiger partial charge in [0.2, 0.25) is 5.78 Å². The number of ketones is 1. The average Bonchev–Trinajstić information content (AvgIpc) is 1.01. The van der Waals surface area contributed by atoms with Gasteiger partial charge < -0.3 is 105 Å². The molecule has 0 spiro atoms. The number of hydrogen-bond donors (Lipinski definition) is 2. The molecule has 6 heterocycles. The number of carbonyl (C=O) groups excluding carboxylic acids is 1. The highest BCUT2D eigenvalue weighted by Crippen LogP contribution is 2.41. The molecule has 4 aromatic carbocycles. The molecule has 0 saturated heterocycles. The summed E-state index contributed by atoms with van der Waals surface area (Å²) in [6.07, 6.45) is 4.07. The summed E-state index contributed by atoms with van der Waals surface area (Å²) in [5.41, 5.74) is 10.0. The van der Waals surface area contributed by atoms with Crippen LogP contribution in [-0.4, -0.2) is 271 Å². The quantitative estimate of drug-likeness (QED) is 0.0335. The van der Waals surface area contributed by atoms with Crippen LogP contribution in [0.25, 0.3) is 89.4 Å². The molecule has 0 amide bonds. The highest BCUT2D eigenvalue weighted by Gasteiger charge is 2.30. The number of hydrogen-bond acceptors (Lipinski definition) is 24. The molecule has 10 rings (SSSR count). The third kappa shape index (κ3) is 24.9. The zero-order chi connectivity index (χ0) is 73.4. The van der Waals surface area contributed by atoms with Crippen molar-refractivity contribution in [2.45, 2.75) is 0 Å². The van der Waals surface area contributed by atoms with Gasteiger partial charge in [-0.05, 0) is 102 Å². The highest BCUT2D eigenvalue weighted by molar-refractivity contribution is 6.26. The van der Waals surface area contributed by atoms with Crippen LogP contribution in [-0.2, 0) is 75.8 Å². The second-order valence-electron chi connectivity index (χ2n) is 23.9. The molecule has 26 heteroatoms. The fourth-order valence-electron chi connectivity index (χ4n) is 11.4. The lowest BCUT2D eigenvalue weighted by Crippen LogP contribution is -2.13. The third-order valence-corrected chi connectivity index (χ3v) is 16.5. The monoisotopic (exact) mass is 1470 g/mol. The van der Waals surface area contributed by atoms with Crippen molar-refractivity contribution in [2.75, 3.05) is 240 Å². The molecular weight excluding hydrogens is 1370 g/mol. The van der Waals surface area contributed by atoms with E-state index in [1.807, 2.05) is 127 Å². The van der Waals surface area contributed by atoms with E-state index in [4.69, 9.17) is 110 Å². The molecule has 0 aliphatic carbocycles. The Hall–Kier alpha value is -8.36. The zero-order valence-electron chi connectivity index (χ0n) is 61.2. The summed E-state index contributed by atoms with van der Waals surface area (Å²) in [4.78, 5) is 39.3. The van der Waals surface area contributed by atoms with Crippen molar-refractivity contribution in [3.63, 3.8) is 0 Å². The molecule has 0 fully saturated rings. The summed E-state index contributed by atoms with van der Waals surface area (Å²) < 4.78 is 113. The van der Waals surface area contributed by atoms with E-state index in [2.05, 4.69) is 9.97 Å². The summed E-state index contributed by atoms with van der Waals surface area (Å²) in [6.45, 7) is 13.9. The SMILES string of the molecule is COCCOCCOCCOCCOc1ccc(-c2c3nc(c(-c4ccc(OCCOCCOCCOCCOC)cc4)c4ccc([nH]4)c4c5nc(c(-c6ccc(OCCOCCOCCOCCOC)cc6)c6ccc2[nH]6)C(=O)c5nc2cc(OCCOCCOCCOCCOC)ccc24)C=C3)cc1. The van der Waals surface area contributed by atoms with Crippen molar-refractivity contribution in [1.29, 1.82) is 0 Å². The molecule has 2 aliphatic rings. The number of benzene rings is 4. The maximum atomic E-state index is 15.7. The van der Waals surface area contributed by atoms with Gasteiger partial charge in [-0.15, -0.1) is 0 Å². The van der Waals surface area contributed by atoms with Crippen molar-refractivity contribution in [3.05, 3.63) is 138 Å². The largest absolute Gasteiger partial charge is 0.491 e. The van der Waals surface area contributed by atoms with Crippen LogP contribution in [0.2, 0.25) is 0 Å². The number of H-pyrrole nitrogens is 2. The molecular formula is C80H99N5O21. The Morgan fingerprint density at radius 1 is 0.283 bits per heavy atom. The van der Waals surface area contributed by atoms with Gasteiger partial charge >= 0.3 is 0 Å². The van der Waals surface area contributed by atoms with Crippen LogP contribution >= 0.6 is 0 Å². The van der Waals surface area contributed by atoms with Gasteiger partial charge in [0.15, 0.2) is 0 Å². The molecule has 106 heavy (non-hydrogen) atoms.